The molecule has 1 aromatic carbocycles. The Morgan fingerprint density at radius 1 is 1.29 bits per heavy atom. The van der Waals surface area contributed by atoms with Crippen molar-refractivity contribution in [1.82, 2.24) is 4.90 Å². The van der Waals surface area contributed by atoms with Crippen LogP contribution in [0, 0.1) is 25.7 Å². The molecule has 3 aliphatic heterocycles. The van der Waals surface area contributed by atoms with Crippen molar-refractivity contribution in [1.29, 1.82) is 0 Å². The molecule has 4 atom stereocenters. The van der Waals surface area contributed by atoms with Crippen LogP contribution in [0.3, 0.4) is 0 Å². The summed E-state index contributed by atoms with van der Waals surface area (Å²) in [5.74, 6) is -0.522. The van der Waals surface area contributed by atoms with Crippen molar-refractivity contribution in [2.24, 2.45) is 11.8 Å². The van der Waals surface area contributed by atoms with Crippen molar-refractivity contribution in [3.05, 3.63) is 65.6 Å². The first kappa shape index (κ1) is 17.3. The molecule has 144 valence electrons. The summed E-state index contributed by atoms with van der Waals surface area (Å²) in [5, 5.41) is 3.00. The summed E-state index contributed by atoms with van der Waals surface area (Å²) < 4.78 is 11.5. The summed E-state index contributed by atoms with van der Waals surface area (Å²) >= 11 is 0. The molecule has 2 fully saturated rings. The van der Waals surface area contributed by atoms with Crippen molar-refractivity contribution in [2.45, 2.75) is 32.1 Å². The molecular formula is C22H22N2O4. The summed E-state index contributed by atoms with van der Waals surface area (Å²) in [4.78, 5) is 28.0. The number of furan rings is 1. The second-order valence-corrected chi connectivity index (χ2v) is 8.04. The van der Waals surface area contributed by atoms with Gasteiger partial charge in [0.2, 0.25) is 11.8 Å². The molecule has 6 nitrogen and oxygen atoms in total. The minimum absolute atomic E-state index is 0.0520. The van der Waals surface area contributed by atoms with E-state index in [0.29, 0.717) is 13.1 Å². The molecule has 3 aliphatic rings. The van der Waals surface area contributed by atoms with Gasteiger partial charge in [-0.2, -0.15) is 0 Å². The molecule has 4 heterocycles. The monoisotopic (exact) mass is 378 g/mol. The highest BCUT2D eigenvalue weighted by molar-refractivity contribution is 5.99. The maximum atomic E-state index is 13.2. The Labute approximate surface area is 163 Å². The predicted octanol–water partition coefficient (Wildman–Crippen LogP) is 2.82. The smallest absolute Gasteiger partial charge is 0.231 e. The standard InChI is InChI=1S/C22H22N2O4/c1-13-8-14(2)10-15(9-13)23-20(25)18-17-5-6-22(28-17)12-24(21(26)19(18)22)11-16-4-3-7-27-16/h3-10,17-19H,11-12H2,1-2H3,(H,23,25)/t17-,18+,19-,22-/m0/s1. The van der Waals surface area contributed by atoms with Crippen molar-refractivity contribution in [3.8, 4) is 0 Å². The number of hydrogen-bond acceptors (Lipinski definition) is 4. The number of benzene rings is 1. The van der Waals surface area contributed by atoms with E-state index >= 15 is 0 Å². The summed E-state index contributed by atoms with van der Waals surface area (Å²) in [5.41, 5.74) is 2.20. The number of ether oxygens (including phenoxy) is 1. The summed E-state index contributed by atoms with van der Waals surface area (Å²) in [6.45, 7) is 4.82. The fraction of sp³-hybridized carbons (Fsp3) is 0.364. The van der Waals surface area contributed by atoms with Crippen LogP contribution in [0.5, 0.6) is 0 Å². The van der Waals surface area contributed by atoms with E-state index in [2.05, 4.69) is 11.4 Å². The van der Waals surface area contributed by atoms with E-state index < -0.39 is 17.4 Å². The number of likely N-dealkylation sites (tertiary alicyclic amines) is 1. The number of fused-ring (bicyclic) bond motifs is 1. The highest BCUT2D eigenvalue weighted by atomic mass is 16.5. The molecule has 0 aliphatic carbocycles. The molecule has 2 aromatic rings. The zero-order valence-electron chi connectivity index (χ0n) is 15.8. The molecule has 2 amide bonds. The lowest BCUT2D eigenvalue weighted by atomic mass is 9.76. The van der Waals surface area contributed by atoms with E-state index in [1.807, 2.05) is 44.2 Å². The molecule has 2 bridgehead atoms. The van der Waals surface area contributed by atoms with Crippen molar-refractivity contribution in [2.75, 3.05) is 11.9 Å². The predicted molar refractivity (Wildman–Crippen MR) is 102 cm³/mol. The van der Waals surface area contributed by atoms with Gasteiger partial charge in [-0.3, -0.25) is 9.59 Å². The topological polar surface area (TPSA) is 71.8 Å². The summed E-state index contributed by atoms with van der Waals surface area (Å²) in [6.07, 6.45) is 5.12. The van der Waals surface area contributed by atoms with Gasteiger partial charge in [0.05, 0.1) is 37.3 Å². The van der Waals surface area contributed by atoms with E-state index in [9.17, 15) is 9.59 Å². The molecule has 0 unspecified atom stereocenters. The third-order valence-corrected chi connectivity index (χ3v) is 5.90. The largest absolute Gasteiger partial charge is 0.467 e. The number of hydrogen-bond donors (Lipinski definition) is 1. The van der Waals surface area contributed by atoms with Gasteiger partial charge in [-0.1, -0.05) is 18.2 Å². The highest BCUT2D eigenvalue weighted by Crippen LogP contribution is 2.52. The van der Waals surface area contributed by atoms with Gasteiger partial charge in [0.1, 0.15) is 11.4 Å². The van der Waals surface area contributed by atoms with Gasteiger partial charge < -0.3 is 19.4 Å². The van der Waals surface area contributed by atoms with Crippen LogP contribution in [0.4, 0.5) is 5.69 Å². The molecule has 1 aromatic heterocycles. The Bertz CT molecular complexity index is 960. The van der Waals surface area contributed by atoms with Crippen LogP contribution in [-0.4, -0.2) is 35.0 Å². The minimum atomic E-state index is -0.709. The van der Waals surface area contributed by atoms with E-state index in [-0.39, 0.29) is 17.9 Å². The van der Waals surface area contributed by atoms with Gasteiger partial charge in [-0.15, -0.1) is 0 Å². The van der Waals surface area contributed by atoms with Gasteiger partial charge in [0.25, 0.3) is 0 Å². The van der Waals surface area contributed by atoms with Crippen LogP contribution in [0.15, 0.2) is 53.2 Å². The van der Waals surface area contributed by atoms with E-state index in [1.54, 1.807) is 17.2 Å². The van der Waals surface area contributed by atoms with Gasteiger partial charge in [-0.25, -0.2) is 0 Å². The van der Waals surface area contributed by atoms with Crippen LogP contribution in [-0.2, 0) is 20.9 Å². The Balaban J connectivity index is 1.39. The molecule has 0 radical (unpaired) electrons. The average Bonchev–Trinajstić information content (AvgIpc) is 3.37. The van der Waals surface area contributed by atoms with E-state index in [1.165, 1.54) is 0 Å². The van der Waals surface area contributed by atoms with Gasteiger partial charge in [0.15, 0.2) is 0 Å². The zero-order valence-corrected chi connectivity index (χ0v) is 15.8. The molecular weight excluding hydrogens is 356 g/mol. The number of rotatable bonds is 4. The lowest BCUT2D eigenvalue weighted by Crippen LogP contribution is -2.41. The minimum Gasteiger partial charge on any atom is -0.467 e. The molecule has 1 N–H and O–H groups in total. The number of carbonyl (C=O) groups excluding carboxylic acids is 2. The Morgan fingerprint density at radius 2 is 2.07 bits per heavy atom. The quantitative estimate of drug-likeness (QED) is 0.831. The number of nitrogens with zero attached hydrogens (tertiary/aromatic N) is 1. The number of amides is 2. The fourth-order valence-electron chi connectivity index (χ4n) is 4.87. The number of nitrogens with one attached hydrogen (secondary N) is 1. The maximum absolute atomic E-state index is 13.2. The normalized spacial score (nSPS) is 30.1. The SMILES string of the molecule is Cc1cc(C)cc(NC(=O)[C@@H]2[C@@H]3C=C[C@@]4(CN(Cc5ccco5)C(=O)[C@H]24)O3)c1. The Morgan fingerprint density at radius 3 is 2.79 bits per heavy atom. The second kappa shape index (κ2) is 6.07. The fourth-order valence-corrected chi connectivity index (χ4v) is 4.87. The maximum Gasteiger partial charge on any atom is 0.231 e. The van der Waals surface area contributed by atoms with Crippen molar-refractivity contribution < 1.29 is 18.7 Å². The molecule has 6 heteroatoms. The van der Waals surface area contributed by atoms with Crippen LogP contribution in [0.25, 0.3) is 0 Å². The van der Waals surface area contributed by atoms with Gasteiger partial charge >= 0.3 is 0 Å². The first-order valence-corrected chi connectivity index (χ1v) is 9.53. The average molecular weight is 378 g/mol. The third kappa shape index (κ3) is 2.59. The first-order chi connectivity index (χ1) is 13.4. The Hall–Kier alpha value is -2.86. The lowest BCUT2D eigenvalue weighted by molar-refractivity contribution is -0.136. The van der Waals surface area contributed by atoms with Crippen LogP contribution in [0.1, 0.15) is 16.9 Å². The number of carbonyl (C=O) groups is 2. The number of anilines is 1. The van der Waals surface area contributed by atoms with Gasteiger partial charge in [0, 0.05) is 5.69 Å². The van der Waals surface area contributed by atoms with Crippen LogP contribution < -0.4 is 5.32 Å². The zero-order chi connectivity index (χ0) is 19.5. The highest BCUT2D eigenvalue weighted by Gasteiger charge is 2.66. The summed E-state index contributed by atoms with van der Waals surface area (Å²) in [6, 6.07) is 9.57. The molecule has 0 saturated carbocycles. The number of aryl methyl sites for hydroxylation is 2. The third-order valence-electron chi connectivity index (χ3n) is 5.90. The lowest BCUT2D eigenvalue weighted by Gasteiger charge is -2.23. The first-order valence-electron chi connectivity index (χ1n) is 9.53. The Kier molecular flexibility index (Phi) is 3.74. The van der Waals surface area contributed by atoms with Crippen molar-refractivity contribution in [3.63, 3.8) is 0 Å². The van der Waals surface area contributed by atoms with Gasteiger partial charge in [-0.05, 0) is 49.2 Å². The molecule has 5 rings (SSSR count). The van der Waals surface area contributed by atoms with E-state index in [4.69, 9.17) is 9.15 Å². The second-order valence-electron chi connectivity index (χ2n) is 8.04. The van der Waals surface area contributed by atoms with Crippen LogP contribution in [0.2, 0.25) is 0 Å². The molecule has 28 heavy (non-hydrogen) atoms. The van der Waals surface area contributed by atoms with E-state index in [0.717, 1.165) is 22.6 Å². The van der Waals surface area contributed by atoms with Crippen molar-refractivity contribution >= 4 is 17.5 Å². The molecule has 2 saturated heterocycles. The van der Waals surface area contributed by atoms with Crippen LogP contribution >= 0.6 is 0 Å². The summed E-state index contributed by atoms with van der Waals surface area (Å²) in [7, 11) is 0. The molecule has 1 spiro atoms.